The number of tetrazole rings is 1. The maximum Gasteiger partial charge on any atom is 0.264 e. The molecule has 2 aromatic heterocycles. The minimum Gasteiger partial charge on any atom is -0.325 e. The molecule has 11 nitrogen and oxygen atoms in total. The van der Waals surface area contributed by atoms with Crippen molar-refractivity contribution in [2.45, 2.75) is 10.1 Å². The number of amides is 1. The molecule has 0 spiro atoms. The Balaban J connectivity index is 1.35. The quantitative estimate of drug-likeness (QED) is 0.371. The molecule has 0 bridgehead atoms. The third kappa shape index (κ3) is 5.25. The number of hydrogen-bond donors (Lipinski definition) is 2. The molecule has 4 rings (SSSR count). The summed E-state index contributed by atoms with van der Waals surface area (Å²) < 4.78 is 28.7. The highest BCUT2D eigenvalue weighted by Crippen LogP contribution is 2.19. The van der Waals surface area contributed by atoms with E-state index < -0.39 is 10.0 Å². The third-order valence-electron chi connectivity index (χ3n) is 4.01. The average Bonchev–Trinajstić information content (AvgIpc) is 3.28. The lowest BCUT2D eigenvalue weighted by molar-refractivity contribution is -0.113. The van der Waals surface area contributed by atoms with Gasteiger partial charge >= 0.3 is 0 Å². The molecule has 2 aromatic carbocycles. The van der Waals surface area contributed by atoms with Gasteiger partial charge in [-0.3, -0.25) is 4.79 Å². The minimum absolute atomic E-state index is 0.0133. The average molecular weight is 469 g/mol. The number of anilines is 2. The van der Waals surface area contributed by atoms with Gasteiger partial charge in [-0.2, -0.15) is 4.68 Å². The van der Waals surface area contributed by atoms with Crippen LogP contribution >= 0.6 is 11.8 Å². The summed E-state index contributed by atoms with van der Waals surface area (Å²) in [6.07, 6.45) is 2.86. The van der Waals surface area contributed by atoms with Crippen LogP contribution in [0.3, 0.4) is 0 Å². The lowest BCUT2D eigenvalue weighted by Gasteiger charge is -2.08. The Bertz CT molecular complexity index is 1300. The first-order chi connectivity index (χ1) is 15.5. The van der Waals surface area contributed by atoms with Gasteiger partial charge in [-0.15, -0.1) is 5.10 Å². The van der Waals surface area contributed by atoms with Crippen molar-refractivity contribution in [3.8, 4) is 5.69 Å². The molecular weight excluding hydrogens is 452 g/mol. The largest absolute Gasteiger partial charge is 0.325 e. The molecule has 2 heterocycles. The van der Waals surface area contributed by atoms with Crippen molar-refractivity contribution in [3.05, 3.63) is 73.1 Å². The predicted molar refractivity (Wildman–Crippen MR) is 118 cm³/mol. The molecule has 0 saturated heterocycles. The van der Waals surface area contributed by atoms with Crippen LogP contribution in [0, 0.1) is 0 Å². The zero-order valence-corrected chi connectivity index (χ0v) is 18.0. The monoisotopic (exact) mass is 468 g/mol. The summed E-state index contributed by atoms with van der Waals surface area (Å²) in [5.41, 5.74) is 1.24. The lowest BCUT2D eigenvalue weighted by Crippen LogP contribution is -2.16. The van der Waals surface area contributed by atoms with Crippen LogP contribution in [-0.2, 0) is 14.8 Å². The van der Waals surface area contributed by atoms with E-state index in [1.54, 1.807) is 10.7 Å². The first-order valence-corrected chi connectivity index (χ1v) is 11.6. The summed E-state index contributed by atoms with van der Waals surface area (Å²) in [6.45, 7) is 0. The van der Waals surface area contributed by atoms with Crippen LogP contribution in [0.5, 0.6) is 0 Å². The maximum atomic E-state index is 12.4. The summed E-state index contributed by atoms with van der Waals surface area (Å²) in [5.74, 6) is -0.246. The molecular formula is C19H16N8O3S2. The standard InChI is InChI=1S/C19H16N8O3S2/c28-17(13-31-19-23-25-26-27(19)15-5-2-1-3-6-15)22-14-7-9-16(10-8-14)32(29,30)24-18-20-11-4-12-21-18/h1-12H,13H2,(H,22,28)(H,20,21,24). The minimum atomic E-state index is -3.85. The van der Waals surface area contributed by atoms with E-state index in [2.05, 4.69) is 35.5 Å². The van der Waals surface area contributed by atoms with Crippen molar-refractivity contribution in [2.75, 3.05) is 15.8 Å². The van der Waals surface area contributed by atoms with E-state index in [1.165, 1.54) is 48.4 Å². The van der Waals surface area contributed by atoms with Gasteiger partial charge in [0.25, 0.3) is 10.0 Å². The van der Waals surface area contributed by atoms with E-state index >= 15 is 0 Å². The summed E-state index contributed by atoms with van der Waals surface area (Å²) >= 11 is 1.18. The van der Waals surface area contributed by atoms with Crippen LogP contribution in [0.15, 0.2) is 83.1 Å². The summed E-state index contributed by atoms with van der Waals surface area (Å²) in [7, 11) is -3.85. The van der Waals surface area contributed by atoms with Crippen molar-refractivity contribution in [3.63, 3.8) is 0 Å². The number of hydrogen-bond acceptors (Lipinski definition) is 9. The predicted octanol–water partition coefficient (Wildman–Crippen LogP) is 1.98. The highest BCUT2D eigenvalue weighted by atomic mass is 32.2. The first kappa shape index (κ1) is 21.4. The normalized spacial score (nSPS) is 11.1. The van der Waals surface area contributed by atoms with Gasteiger partial charge in [0.15, 0.2) is 0 Å². The molecule has 0 saturated carbocycles. The van der Waals surface area contributed by atoms with E-state index in [4.69, 9.17) is 0 Å². The molecule has 0 radical (unpaired) electrons. The Labute approximate surface area is 187 Å². The van der Waals surface area contributed by atoms with Gasteiger partial charge in [-0.05, 0) is 52.9 Å². The van der Waals surface area contributed by atoms with E-state index in [9.17, 15) is 13.2 Å². The number of nitrogens with one attached hydrogen (secondary N) is 2. The maximum absolute atomic E-state index is 12.4. The van der Waals surface area contributed by atoms with Gasteiger partial charge < -0.3 is 5.32 Å². The van der Waals surface area contributed by atoms with Gasteiger partial charge in [0, 0.05) is 18.1 Å². The summed E-state index contributed by atoms with van der Waals surface area (Å²) in [5, 5.41) is 14.7. The van der Waals surface area contributed by atoms with E-state index in [1.807, 2.05) is 30.3 Å². The summed E-state index contributed by atoms with van der Waals surface area (Å²) in [4.78, 5) is 20.0. The zero-order chi connectivity index (χ0) is 22.4. The van der Waals surface area contributed by atoms with Crippen molar-refractivity contribution in [1.82, 2.24) is 30.2 Å². The second-order valence-corrected chi connectivity index (χ2v) is 8.87. The molecule has 0 unspecified atom stereocenters. The zero-order valence-electron chi connectivity index (χ0n) is 16.4. The van der Waals surface area contributed by atoms with Crippen LogP contribution in [0.4, 0.5) is 11.6 Å². The highest BCUT2D eigenvalue weighted by Gasteiger charge is 2.16. The van der Waals surface area contributed by atoms with Crippen LogP contribution in [0.2, 0.25) is 0 Å². The van der Waals surface area contributed by atoms with Gasteiger partial charge in [0.1, 0.15) is 0 Å². The van der Waals surface area contributed by atoms with Crippen molar-refractivity contribution in [1.29, 1.82) is 0 Å². The Morgan fingerprint density at radius 1 is 0.969 bits per heavy atom. The number of aromatic nitrogens is 6. The van der Waals surface area contributed by atoms with Crippen LogP contribution in [0.25, 0.3) is 5.69 Å². The Morgan fingerprint density at radius 3 is 2.41 bits per heavy atom. The number of carbonyl (C=O) groups is 1. The fraction of sp³-hybridized carbons (Fsp3) is 0.0526. The Kier molecular flexibility index (Phi) is 6.37. The van der Waals surface area contributed by atoms with Gasteiger partial charge in [-0.1, -0.05) is 30.0 Å². The van der Waals surface area contributed by atoms with Gasteiger partial charge in [0.2, 0.25) is 17.0 Å². The van der Waals surface area contributed by atoms with Crippen LogP contribution in [0.1, 0.15) is 0 Å². The second-order valence-electron chi connectivity index (χ2n) is 6.25. The Hall–Kier alpha value is -3.84. The molecule has 162 valence electrons. The van der Waals surface area contributed by atoms with E-state index in [0.29, 0.717) is 10.8 Å². The highest BCUT2D eigenvalue weighted by molar-refractivity contribution is 7.99. The van der Waals surface area contributed by atoms with Gasteiger partial charge in [-0.25, -0.2) is 23.1 Å². The van der Waals surface area contributed by atoms with Crippen molar-refractivity contribution < 1.29 is 13.2 Å². The SMILES string of the molecule is O=C(CSc1nnnn1-c1ccccc1)Nc1ccc(S(=O)(=O)Nc2ncccn2)cc1. The molecule has 13 heteroatoms. The van der Waals surface area contributed by atoms with Crippen molar-refractivity contribution in [2.24, 2.45) is 0 Å². The molecule has 0 aliphatic heterocycles. The number of para-hydroxylation sites is 1. The second kappa shape index (κ2) is 9.53. The third-order valence-corrected chi connectivity index (χ3v) is 6.28. The number of benzene rings is 2. The first-order valence-electron chi connectivity index (χ1n) is 9.18. The van der Waals surface area contributed by atoms with Gasteiger partial charge in [0.05, 0.1) is 16.3 Å². The van der Waals surface area contributed by atoms with Crippen LogP contribution in [-0.4, -0.2) is 50.3 Å². The molecule has 2 N–H and O–H groups in total. The fourth-order valence-corrected chi connectivity index (χ4v) is 4.22. The molecule has 32 heavy (non-hydrogen) atoms. The van der Waals surface area contributed by atoms with E-state index in [0.717, 1.165) is 5.69 Å². The molecule has 0 aliphatic rings. The van der Waals surface area contributed by atoms with E-state index in [-0.39, 0.29) is 22.5 Å². The summed E-state index contributed by atoms with van der Waals surface area (Å²) in [6, 6.07) is 16.7. The Morgan fingerprint density at radius 2 is 1.69 bits per heavy atom. The molecule has 4 aromatic rings. The molecule has 0 fully saturated rings. The number of rotatable bonds is 8. The molecule has 0 atom stereocenters. The van der Waals surface area contributed by atoms with Crippen LogP contribution < -0.4 is 10.0 Å². The number of thioether (sulfide) groups is 1. The topological polar surface area (TPSA) is 145 Å². The number of nitrogens with zero attached hydrogens (tertiary/aromatic N) is 6. The smallest absolute Gasteiger partial charge is 0.264 e. The molecule has 1 amide bonds. The number of sulfonamides is 1. The number of carbonyl (C=O) groups excluding carboxylic acids is 1. The fourth-order valence-electron chi connectivity index (χ4n) is 2.58. The molecule has 0 aliphatic carbocycles. The van der Waals surface area contributed by atoms with Crippen molar-refractivity contribution >= 4 is 39.3 Å². The lowest BCUT2D eigenvalue weighted by atomic mass is 10.3.